The first-order chi connectivity index (χ1) is 48.8. The van der Waals surface area contributed by atoms with Gasteiger partial charge in [-0.2, -0.15) is 0 Å². The van der Waals surface area contributed by atoms with Gasteiger partial charge in [0.2, 0.25) is 0 Å². The highest BCUT2D eigenvalue weighted by molar-refractivity contribution is 6.14. The van der Waals surface area contributed by atoms with Crippen molar-refractivity contribution < 1.29 is 0 Å². The second kappa shape index (κ2) is 20.5. The summed E-state index contributed by atoms with van der Waals surface area (Å²) in [7, 11) is 0. The van der Waals surface area contributed by atoms with Crippen LogP contribution in [0.15, 0.2) is 297 Å². The molecule has 100 heavy (non-hydrogen) atoms. The maximum Gasteiger partial charge on any atom is 0.162 e. The van der Waals surface area contributed by atoms with Crippen molar-refractivity contribution in [3.8, 4) is 95.3 Å². The Morgan fingerprint density at radius 3 is 1.02 bits per heavy atom. The highest BCUT2D eigenvalue weighted by Gasteiger charge is 2.38. The zero-order valence-electron chi connectivity index (χ0n) is 56.5. The fraction of sp³-hybridized carbons (Fsp3) is 0.0947. The Labute approximate surface area is 580 Å². The van der Waals surface area contributed by atoms with Gasteiger partial charge in [-0.3, -0.25) is 4.57 Å². The van der Waals surface area contributed by atoms with Crippen LogP contribution in [-0.4, -0.2) is 23.7 Å². The molecule has 0 atom stereocenters. The predicted molar refractivity (Wildman–Crippen MR) is 417 cm³/mol. The summed E-state index contributed by atoms with van der Waals surface area (Å²) in [5, 5.41) is 8.08. The lowest BCUT2D eigenvalue weighted by atomic mass is 9.82. The van der Waals surface area contributed by atoms with Gasteiger partial charge in [-0.05, 0) is 203 Å². The standard InChI is InChI=1S/C95H67N5/c1-93(2)78-28-13-7-22-65(78)71-49-56(34-41-81(71)93)59-37-45-88-74(52-59)68-25-10-16-31-85(68)98(88)63-21-19-20-62(48-63)91-96-84-44-40-64(99-86-32-17-11-26-69(86)75-53-60(38-46-89(75)99)57-35-42-82-72(50-57)66-23-8-14-29-79(66)94(82,3)4)55-77(84)92(97-91)100-87-33-18-12-27-70(87)76-54-61(39-47-90(76)100)58-36-43-83-73(51-58)67-24-9-15-30-80(67)95(83,5)6/h7-55H,1-6H3. The highest BCUT2D eigenvalue weighted by Crippen LogP contribution is 2.54. The third kappa shape index (κ3) is 7.94. The molecule has 0 fully saturated rings. The van der Waals surface area contributed by atoms with E-state index in [1.807, 2.05) is 0 Å². The van der Waals surface area contributed by atoms with Gasteiger partial charge in [0, 0.05) is 70.9 Å². The minimum atomic E-state index is -0.0754. The number of rotatable bonds is 7. The number of hydrogen-bond donors (Lipinski definition) is 0. The van der Waals surface area contributed by atoms with Crippen molar-refractivity contribution in [2.45, 2.75) is 57.8 Å². The summed E-state index contributed by atoms with van der Waals surface area (Å²) in [6.07, 6.45) is 0. The summed E-state index contributed by atoms with van der Waals surface area (Å²) in [6.45, 7) is 14.1. The van der Waals surface area contributed by atoms with Crippen molar-refractivity contribution in [2.24, 2.45) is 0 Å². The molecule has 4 heterocycles. The van der Waals surface area contributed by atoms with E-state index >= 15 is 0 Å². The molecule has 3 aliphatic rings. The zero-order chi connectivity index (χ0) is 66.7. The van der Waals surface area contributed by atoms with Crippen LogP contribution in [0.5, 0.6) is 0 Å². The molecule has 0 aliphatic heterocycles. The SMILES string of the molecule is CC1(C)c2ccccc2-c2cc(-c3ccc4c(c3)c3ccccc3n4-c3cccc(-c4nc(-n5c6ccccc6c6cc(-c7ccc8c(c7)-c7ccccc7C8(C)C)ccc65)c5cc(-n6c7ccccc7c7cc(-c8ccc9c(c8)-c8ccccc8C9(C)C)ccc76)ccc5n4)c3)ccc21. The number of fused-ring (bicyclic) bond motifs is 19. The van der Waals surface area contributed by atoms with Crippen molar-refractivity contribution in [2.75, 3.05) is 0 Å². The molecule has 3 aliphatic carbocycles. The fourth-order valence-corrected chi connectivity index (χ4v) is 18.3. The van der Waals surface area contributed by atoms with Gasteiger partial charge in [0.25, 0.3) is 0 Å². The lowest BCUT2D eigenvalue weighted by Gasteiger charge is -2.21. The van der Waals surface area contributed by atoms with Gasteiger partial charge in [0.1, 0.15) is 5.82 Å². The lowest BCUT2D eigenvalue weighted by Crippen LogP contribution is -2.14. The molecule has 0 radical (unpaired) electrons. The van der Waals surface area contributed by atoms with Crippen molar-refractivity contribution in [1.82, 2.24) is 23.7 Å². The van der Waals surface area contributed by atoms with E-state index < -0.39 is 0 Å². The molecule has 0 N–H and O–H groups in total. The van der Waals surface area contributed by atoms with Crippen molar-refractivity contribution >= 4 is 76.3 Å². The van der Waals surface area contributed by atoms with E-state index in [2.05, 4.69) is 352 Å². The molecule has 0 saturated heterocycles. The van der Waals surface area contributed by atoms with Crippen molar-refractivity contribution in [3.05, 3.63) is 331 Å². The number of nitrogens with zero attached hydrogens (tertiary/aromatic N) is 5. The van der Waals surface area contributed by atoms with E-state index in [1.165, 1.54) is 122 Å². The molecule has 0 spiro atoms. The summed E-state index contributed by atoms with van der Waals surface area (Å²) in [5.41, 5.74) is 33.8. The molecule has 0 bridgehead atoms. The smallest absolute Gasteiger partial charge is 0.162 e. The molecule has 5 nitrogen and oxygen atoms in total. The first kappa shape index (κ1) is 56.9. The molecule has 4 aromatic heterocycles. The van der Waals surface area contributed by atoms with Gasteiger partial charge >= 0.3 is 0 Å². The maximum absolute atomic E-state index is 5.88. The van der Waals surface area contributed by atoms with Crippen LogP contribution in [0.25, 0.3) is 172 Å². The molecular weight excluding hydrogens is 1210 g/mol. The monoisotopic (exact) mass is 1280 g/mol. The number of benzene rings is 14. The van der Waals surface area contributed by atoms with Crippen LogP contribution in [-0.2, 0) is 16.2 Å². The molecule has 14 aromatic carbocycles. The van der Waals surface area contributed by atoms with Crippen molar-refractivity contribution in [3.63, 3.8) is 0 Å². The molecule has 472 valence electrons. The van der Waals surface area contributed by atoms with Crippen LogP contribution in [0.3, 0.4) is 0 Å². The van der Waals surface area contributed by atoms with Gasteiger partial charge in [0.15, 0.2) is 5.82 Å². The Kier molecular flexibility index (Phi) is 11.6. The number of aromatic nitrogens is 5. The molecule has 21 rings (SSSR count). The molecular formula is C95H67N5. The molecule has 18 aromatic rings. The van der Waals surface area contributed by atoms with E-state index in [-0.39, 0.29) is 16.2 Å². The van der Waals surface area contributed by atoms with Crippen LogP contribution < -0.4 is 0 Å². The third-order valence-electron chi connectivity index (χ3n) is 23.3. The third-order valence-corrected chi connectivity index (χ3v) is 23.3. The fourth-order valence-electron chi connectivity index (χ4n) is 18.3. The number of para-hydroxylation sites is 3. The van der Waals surface area contributed by atoms with Crippen LogP contribution in [0.2, 0.25) is 0 Å². The van der Waals surface area contributed by atoms with E-state index in [0.717, 1.165) is 77.5 Å². The first-order valence-electron chi connectivity index (χ1n) is 35.1. The summed E-state index contributed by atoms with van der Waals surface area (Å²) in [4.78, 5) is 11.5. The molecule has 0 amide bonds. The Hall–Kier alpha value is -12.2. The normalized spacial score (nSPS) is 14.3. The molecule has 0 saturated carbocycles. The highest BCUT2D eigenvalue weighted by atomic mass is 15.1. The average molecular weight is 1280 g/mol. The summed E-state index contributed by atoms with van der Waals surface area (Å²) < 4.78 is 7.25. The number of hydrogen-bond acceptors (Lipinski definition) is 2. The van der Waals surface area contributed by atoms with E-state index in [9.17, 15) is 0 Å². The largest absolute Gasteiger partial charge is 0.309 e. The predicted octanol–water partition coefficient (Wildman–Crippen LogP) is 24.5. The second-order valence-corrected chi connectivity index (χ2v) is 29.7. The van der Waals surface area contributed by atoms with E-state index in [0.29, 0.717) is 5.82 Å². The Bertz CT molecular complexity index is 6630. The van der Waals surface area contributed by atoms with Gasteiger partial charge in [-0.15, -0.1) is 0 Å². The Morgan fingerprint density at radius 1 is 0.220 bits per heavy atom. The van der Waals surface area contributed by atoms with Crippen LogP contribution >= 0.6 is 0 Å². The first-order valence-corrected chi connectivity index (χ1v) is 35.1. The van der Waals surface area contributed by atoms with Gasteiger partial charge in [0.05, 0.1) is 38.6 Å². The Balaban J connectivity index is 0.735. The van der Waals surface area contributed by atoms with E-state index in [1.54, 1.807) is 0 Å². The quantitative estimate of drug-likeness (QED) is 0.160. The minimum Gasteiger partial charge on any atom is -0.309 e. The van der Waals surface area contributed by atoms with Gasteiger partial charge in [-0.25, -0.2) is 9.97 Å². The van der Waals surface area contributed by atoms with Gasteiger partial charge in [-0.1, -0.05) is 236 Å². The second-order valence-electron chi connectivity index (χ2n) is 29.7. The molecule has 0 unspecified atom stereocenters. The summed E-state index contributed by atoms with van der Waals surface area (Å²) >= 11 is 0. The Morgan fingerprint density at radius 2 is 0.570 bits per heavy atom. The maximum atomic E-state index is 5.88. The molecule has 5 heteroatoms. The van der Waals surface area contributed by atoms with E-state index in [4.69, 9.17) is 9.97 Å². The average Bonchev–Trinajstić information content (AvgIpc) is 1.49. The topological polar surface area (TPSA) is 40.6 Å². The summed E-state index contributed by atoms with van der Waals surface area (Å²) in [5.74, 6) is 1.46. The zero-order valence-corrected chi connectivity index (χ0v) is 56.5. The van der Waals surface area contributed by atoms with Crippen LogP contribution in [0, 0.1) is 0 Å². The van der Waals surface area contributed by atoms with Crippen LogP contribution in [0.1, 0.15) is 74.9 Å². The van der Waals surface area contributed by atoms with Gasteiger partial charge < -0.3 is 9.13 Å². The van der Waals surface area contributed by atoms with Crippen LogP contribution in [0.4, 0.5) is 0 Å². The van der Waals surface area contributed by atoms with Crippen molar-refractivity contribution in [1.29, 1.82) is 0 Å². The summed E-state index contributed by atoms with van der Waals surface area (Å²) in [6, 6.07) is 111. The lowest BCUT2D eigenvalue weighted by molar-refractivity contribution is 0.660. The minimum absolute atomic E-state index is 0.0525.